The summed E-state index contributed by atoms with van der Waals surface area (Å²) in [5.41, 5.74) is 0.617. The molecule has 0 atom stereocenters. The number of hydrogen-bond acceptors (Lipinski definition) is 5. The van der Waals surface area contributed by atoms with Gasteiger partial charge in [0.1, 0.15) is 21.5 Å². The van der Waals surface area contributed by atoms with Crippen LogP contribution in [0.25, 0.3) is 0 Å². The van der Waals surface area contributed by atoms with Gasteiger partial charge in [0.25, 0.3) is 11.9 Å². The lowest BCUT2D eigenvalue weighted by Gasteiger charge is -2.35. The number of amides is 1. The Morgan fingerprint density at radius 1 is 1.14 bits per heavy atom. The zero-order valence-corrected chi connectivity index (χ0v) is 15.5. The molecule has 28 heavy (non-hydrogen) atoms. The summed E-state index contributed by atoms with van der Waals surface area (Å²) in [5, 5.41) is -2.57. The highest BCUT2D eigenvalue weighted by atomic mass is 16.5. The Bertz CT molecular complexity index is 770. The predicted octanol–water partition coefficient (Wildman–Crippen LogP) is 0.329. The minimum absolute atomic E-state index is 0.141. The summed E-state index contributed by atoms with van der Waals surface area (Å²) in [6.45, 7) is 12.3. The Labute approximate surface area is 171 Å². The van der Waals surface area contributed by atoms with Crippen molar-refractivity contribution in [1.82, 2.24) is 4.81 Å². The Kier molecular flexibility index (Phi) is 10.6. The number of carbonyl (C=O) groups is 2. The van der Waals surface area contributed by atoms with E-state index in [9.17, 15) is 9.59 Å². The van der Waals surface area contributed by atoms with Crippen molar-refractivity contribution in [2.24, 2.45) is 4.99 Å². The third-order valence-electron chi connectivity index (χ3n) is 3.19. The van der Waals surface area contributed by atoms with Crippen LogP contribution in [-0.2, 0) is 18.9 Å². The van der Waals surface area contributed by atoms with Gasteiger partial charge in [0.15, 0.2) is 5.70 Å². The summed E-state index contributed by atoms with van der Waals surface area (Å²) < 4.78 is 8.47. The molecule has 0 unspecified atom stereocenters. The quantitative estimate of drug-likeness (QED) is 0.184. The second-order valence-corrected chi connectivity index (χ2v) is 5.16. The summed E-state index contributed by atoms with van der Waals surface area (Å²) in [7, 11) is 26.4. The van der Waals surface area contributed by atoms with Gasteiger partial charge >= 0.3 is 16.1 Å². The van der Waals surface area contributed by atoms with E-state index in [2.05, 4.69) is 34.0 Å². The first-order chi connectivity index (χ1) is 13.1. The third kappa shape index (κ3) is 6.72. The van der Waals surface area contributed by atoms with Gasteiger partial charge in [0, 0.05) is 11.6 Å². The van der Waals surface area contributed by atoms with Gasteiger partial charge < -0.3 is 14.1 Å². The lowest BCUT2D eigenvalue weighted by atomic mass is 9.59. The minimum atomic E-state index is -2.57. The lowest BCUT2D eigenvalue weighted by Crippen LogP contribution is -2.58. The number of rotatable bonds is 10. The summed E-state index contributed by atoms with van der Waals surface area (Å²) in [5.74, 6) is -2.61. The van der Waals surface area contributed by atoms with Crippen LogP contribution in [0.1, 0.15) is 6.92 Å². The third-order valence-corrected chi connectivity index (χ3v) is 3.19. The molecule has 0 aliphatic heterocycles. The smallest absolute Gasteiger partial charge is 0.378 e. The fourth-order valence-electron chi connectivity index (χ4n) is 1.61. The van der Waals surface area contributed by atoms with Crippen LogP contribution in [0.2, 0.25) is 0 Å². The van der Waals surface area contributed by atoms with Crippen molar-refractivity contribution < 1.29 is 18.9 Å². The minimum Gasteiger partial charge on any atom is -0.569 e. The van der Waals surface area contributed by atoms with Gasteiger partial charge in [0.05, 0.1) is 0 Å². The van der Waals surface area contributed by atoms with Crippen molar-refractivity contribution in [3.05, 3.63) is 72.7 Å². The van der Waals surface area contributed by atoms with E-state index in [0.717, 1.165) is 0 Å². The monoisotopic (exact) mass is 366 g/mol. The second-order valence-electron chi connectivity index (χ2n) is 5.16. The standard InChI is InChI=1S/C17H15B5N2O4/c1-5-7-9-13(8-6-2)11(3)10-23-14(12(4)27-21)15(25)24(20)17(18,19)16(26)28-22/h5-10H,1-3H2,4H3/b9-7-,13-8+,14-12+,23-10?. The molecule has 0 saturated carbocycles. The van der Waals surface area contributed by atoms with Crippen molar-refractivity contribution in [3.8, 4) is 0 Å². The molecule has 1 amide bonds. The molecule has 6 nitrogen and oxygen atoms in total. The Morgan fingerprint density at radius 2 is 1.75 bits per heavy atom. The molecule has 0 bridgehead atoms. The van der Waals surface area contributed by atoms with Gasteiger partial charge in [0.2, 0.25) is 7.98 Å². The van der Waals surface area contributed by atoms with E-state index >= 15 is 0 Å². The van der Waals surface area contributed by atoms with Crippen LogP contribution in [0.3, 0.4) is 0 Å². The summed E-state index contributed by atoms with van der Waals surface area (Å²) in [4.78, 5) is 28.3. The molecule has 132 valence electrons. The fraction of sp³-hybridized carbons (Fsp3) is 0.118. The van der Waals surface area contributed by atoms with Crippen molar-refractivity contribution in [2.75, 3.05) is 0 Å². The Balaban J connectivity index is 5.92. The topological polar surface area (TPSA) is 68.2 Å². The van der Waals surface area contributed by atoms with Crippen molar-refractivity contribution in [2.45, 2.75) is 12.3 Å². The molecule has 0 saturated heterocycles. The molecular formula is C17H15B5N2O4. The van der Waals surface area contributed by atoms with E-state index < -0.39 is 22.9 Å². The molecule has 0 aromatic rings. The Hall–Kier alpha value is -2.83. The van der Waals surface area contributed by atoms with E-state index in [1.54, 1.807) is 24.3 Å². The maximum absolute atomic E-state index is 12.6. The molecule has 0 N–H and O–H groups in total. The maximum atomic E-state index is 12.6. The fourth-order valence-corrected chi connectivity index (χ4v) is 1.61. The summed E-state index contributed by atoms with van der Waals surface area (Å²) in [6.07, 6.45) is 9.35. The average molecular weight is 365 g/mol. The molecule has 0 aromatic carbocycles. The largest absolute Gasteiger partial charge is 0.569 e. The van der Waals surface area contributed by atoms with E-state index in [1.807, 2.05) is 0 Å². The molecule has 0 heterocycles. The first-order valence-electron chi connectivity index (χ1n) is 7.59. The van der Waals surface area contributed by atoms with Gasteiger partial charge in [-0.2, -0.15) is 0 Å². The zero-order chi connectivity index (χ0) is 21.9. The highest BCUT2D eigenvalue weighted by Gasteiger charge is 2.35. The maximum Gasteiger partial charge on any atom is 0.378 e. The van der Waals surface area contributed by atoms with Crippen LogP contribution in [0, 0.1) is 0 Å². The molecule has 0 aromatic heterocycles. The van der Waals surface area contributed by atoms with Crippen LogP contribution in [-0.4, -0.2) is 68.0 Å². The predicted molar refractivity (Wildman–Crippen MR) is 113 cm³/mol. The first-order valence-corrected chi connectivity index (χ1v) is 7.59. The van der Waals surface area contributed by atoms with Crippen molar-refractivity contribution >= 4 is 57.9 Å². The second kappa shape index (κ2) is 11.8. The normalized spacial score (nSPS) is 13.0. The van der Waals surface area contributed by atoms with Crippen LogP contribution < -0.4 is 0 Å². The SMILES string of the molecule is [B]OC(=O)C([B])([B])N([B])C(=O)/C(N=CC(=C)C(/C=C\C=C)=C/C=C)=C(/C)O[B]. The van der Waals surface area contributed by atoms with E-state index in [4.69, 9.17) is 39.8 Å². The van der Waals surface area contributed by atoms with Crippen LogP contribution in [0.15, 0.2) is 77.7 Å². The van der Waals surface area contributed by atoms with E-state index in [-0.39, 0.29) is 10.6 Å². The van der Waals surface area contributed by atoms with Crippen LogP contribution in [0.4, 0.5) is 0 Å². The number of nitrogens with zero attached hydrogens (tertiary/aromatic N) is 2. The molecule has 0 aliphatic carbocycles. The summed E-state index contributed by atoms with van der Waals surface area (Å²) >= 11 is 0. The average Bonchev–Trinajstić information content (AvgIpc) is 2.68. The highest BCUT2D eigenvalue weighted by Crippen LogP contribution is 2.16. The molecule has 0 rings (SSSR count). The summed E-state index contributed by atoms with van der Waals surface area (Å²) in [6, 6.07) is 0. The van der Waals surface area contributed by atoms with Crippen LogP contribution in [0.5, 0.6) is 0 Å². The van der Waals surface area contributed by atoms with Gasteiger partial charge in [-0.25, -0.2) is 4.99 Å². The van der Waals surface area contributed by atoms with Gasteiger partial charge in [-0.05, 0) is 18.1 Å². The van der Waals surface area contributed by atoms with E-state index in [1.165, 1.54) is 19.2 Å². The lowest BCUT2D eigenvalue weighted by molar-refractivity contribution is -0.141. The number of hydrogen-bond donors (Lipinski definition) is 0. The Morgan fingerprint density at radius 3 is 2.21 bits per heavy atom. The van der Waals surface area contributed by atoms with Crippen molar-refractivity contribution in [1.29, 1.82) is 0 Å². The number of aliphatic imine (C=N–C) groups is 1. The molecule has 11 heteroatoms. The molecular weight excluding hydrogens is 350 g/mol. The molecule has 0 spiro atoms. The van der Waals surface area contributed by atoms with Gasteiger partial charge in [-0.3, -0.25) is 9.59 Å². The zero-order valence-electron chi connectivity index (χ0n) is 15.5. The van der Waals surface area contributed by atoms with Crippen LogP contribution >= 0.6 is 0 Å². The first kappa shape index (κ1) is 25.2. The van der Waals surface area contributed by atoms with Gasteiger partial charge in [-0.1, -0.05) is 50.1 Å². The number of carbonyl (C=O) groups excluding carboxylic acids is 2. The van der Waals surface area contributed by atoms with Crippen molar-refractivity contribution in [3.63, 3.8) is 0 Å². The van der Waals surface area contributed by atoms with Gasteiger partial charge in [-0.15, -0.1) is 0 Å². The molecule has 0 fully saturated rings. The number of allylic oxidation sites excluding steroid dienone is 8. The molecule has 10 radical (unpaired) electrons. The highest BCUT2D eigenvalue weighted by molar-refractivity contribution is 6.54. The molecule has 0 aliphatic rings. The van der Waals surface area contributed by atoms with E-state index in [0.29, 0.717) is 11.1 Å².